The van der Waals surface area contributed by atoms with E-state index in [1.54, 1.807) is 0 Å². The van der Waals surface area contributed by atoms with Gasteiger partial charge in [-0.05, 0) is 6.07 Å². The van der Waals surface area contributed by atoms with Crippen molar-refractivity contribution in [3.05, 3.63) is 39.4 Å². The summed E-state index contributed by atoms with van der Waals surface area (Å²) in [5.74, 6) is -3.08. The maximum atomic E-state index is 12.3. The molecule has 116 valence electrons. The van der Waals surface area contributed by atoms with E-state index in [4.69, 9.17) is 10.2 Å². The smallest absolute Gasteiger partial charge is 0.305 e. The van der Waals surface area contributed by atoms with Crippen molar-refractivity contribution in [1.29, 1.82) is 0 Å². The number of fused-ring (bicyclic) bond motifs is 1. The Morgan fingerprint density at radius 3 is 2.36 bits per heavy atom. The highest BCUT2D eigenvalue weighted by Crippen LogP contribution is 2.32. The van der Waals surface area contributed by atoms with E-state index in [1.165, 1.54) is 18.2 Å². The second-order valence-corrected chi connectivity index (χ2v) is 4.84. The first-order valence-corrected chi connectivity index (χ1v) is 6.32. The van der Waals surface area contributed by atoms with E-state index in [0.717, 1.165) is 4.90 Å². The second kappa shape index (κ2) is 5.80. The predicted molar refractivity (Wildman–Crippen MR) is 71.3 cm³/mol. The van der Waals surface area contributed by atoms with Gasteiger partial charge in [0.15, 0.2) is 0 Å². The highest BCUT2D eigenvalue weighted by molar-refractivity contribution is 6.00. The number of nitrogens with zero attached hydrogens (tertiary/aromatic N) is 2. The predicted octanol–water partition coefficient (Wildman–Crippen LogP) is 0.869. The molecule has 0 atom stereocenters. The molecule has 1 aromatic rings. The number of hydrogen-bond acceptors (Lipinski definition) is 5. The summed E-state index contributed by atoms with van der Waals surface area (Å²) in [6.45, 7) is -0.170. The molecule has 2 N–H and O–H groups in total. The van der Waals surface area contributed by atoms with Gasteiger partial charge in [-0.2, -0.15) is 0 Å². The fraction of sp³-hybridized carbons (Fsp3) is 0.308. The molecule has 0 spiro atoms. The van der Waals surface area contributed by atoms with Gasteiger partial charge in [0.1, 0.15) is 0 Å². The van der Waals surface area contributed by atoms with Crippen molar-refractivity contribution in [1.82, 2.24) is 4.90 Å². The number of hydrogen-bond donors (Lipinski definition) is 2. The maximum Gasteiger partial charge on any atom is 0.305 e. The van der Waals surface area contributed by atoms with E-state index in [2.05, 4.69) is 0 Å². The average molecular weight is 308 g/mol. The number of nitro benzene ring substituents is 1. The van der Waals surface area contributed by atoms with Gasteiger partial charge in [-0.1, -0.05) is 6.07 Å². The Labute approximate surface area is 123 Å². The number of amides is 1. The Hall–Kier alpha value is -2.97. The SMILES string of the molecule is O=C(O)CC(CC(=O)O)N1Cc2c(cccc2[N+](=O)[O-])C1=O. The summed E-state index contributed by atoms with van der Waals surface area (Å²) >= 11 is 0. The Morgan fingerprint density at radius 1 is 1.27 bits per heavy atom. The van der Waals surface area contributed by atoms with Crippen molar-refractivity contribution in [3.8, 4) is 0 Å². The van der Waals surface area contributed by atoms with Crippen molar-refractivity contribution in [2.24, 2.45) is 0 Å². The van der Waals surface area contributed by atoms with Crippen LogP contribution in [0.3, 0.4) is 0 Å². The molecule has 0 aromatic heterocycles. The molecule has 0 bridgehead atoms. The molecule has 0 saturated carbocycles. The molecule has 9 nitrogen and oxygen atoms in total. The number of benzene rings is 1. The first kappa shape index (κ1) is 15.4. The molecule has 1 heterocycles. The van der Waals surface area contributed by atoms with Crippen molar-refractivity contribution >= 4 is 23.5 Å². The number of carboxylic acids is 2. The Morgan fingerprint density at radius 2 is 1.86 bits per heavy atom. The number of carbonyl (C=O) groups is 3. The van der Waals surface area contributed by atoms with E-state index in [-0.39, 0.29) is 23.4 Å². The lowest BCUT2D eigenvalue weighted by Crippen LogP contribution is -2.38. The molecule has 0 unspecified atom stereocenters. The van der Waals surface area contributed by atoms with Crippen LogP contribution in [0.4, 0.5) is 5.69 Å². The highest BCUT2D eigenvalue weighted by atomic mass is 16.6. The monoisotopic (exact) mass is 308 g/mol. The summed E-state index contributed by atoms with van der Waals surface area (Å²) in [5, 5.41) is 28.7. The molecule has 0 fully saturated rings. The maximum absolute atomic E-state index is 12.3. The van der Waals surface area contributed by atoms with Gasteiger partial charge in [0.05, 0.1) is 41.5 Å². The quantitative estimate of drug-likeness (QED) is 0.587. The fourth-order valence-electron chi connectivity index (χ4n) is 2.50. The molecule has 1 aliphatic rings. The Bertz CT molecular complexity index is 654. The largest absolute Gasteiger partial charge is 0.481 e. The topological polar surface area (TPSA) is 138 Å². The third-order valence-corrected chi connectivity index (χ3v) is 3.43. The van der Waals surface area contributed by atoms with Crippen LogP contribution in [0.2, 0.25) is 0 Å². The van der Waals surface area contributed by atoms with Gasteiger partial charge in [0.2, 0.25) is 0 Å². The van der Waals surface area contributed by atoms with E-state index in [9.17, 15) is 24.5 Å². The molecule has 1 aromatic carbocycles. The summed E-state index contributed by atoms with van der Waals surface area (Å²) in [7, 11) is 0. The van der Waals surface area contributed by atoms with Crippen LogP contribution in [0.5, 0.6) is 0 Å². The zero-order chi connectivity index (χ0) is 16.4. The summed E-state index contributed by atoms with van der Waals surface area (Å²) in [6.07, 6.45) is -1.08. The molecule has 0 aliphatic carbocycles. The molecule has 9 heteroatoms. The van der Waals surface area contributed by atoms with Crippen molar-refractivity contribution in [2.45, 2.75) is 25.4 Å². The number of rotatable bonds is 6. The van der Waals surface area contributed by atoms with Crippen LogP contribution in [-0.2, 0) is 16.1 Å². The molecule has 2 rings (SSSR count). The van der Waals surface area contributed by atoms with Gasteiger partial charge in [0, 0.05) is 6.07 Å². The summed E-state index contributed by atoms with van der Waals surface area (Å²) in [5.41, 5.74) is 0.0472. The van der Waals surface area contributed by atoms with E-state index < -0.39 is 41.7 Å². The normalized spacial score (nSPS) is 13.3. The van der Waals surface area contributed by atoms with Crippen LogP contribution >= 0.6 is 0 Å². The molecule has 0 radical (unpaired) electrons. The van der Waals surface area contributed by atoms with Gasteiger partial charge in [-0.15, -0.1) is 0 Å². The average Bonchev–Trinajstić information content (AvgIpc) is 2.74. The van der Waals surface area contributed by atoms with Crippen LogP contribution in [-0.4, -0.2) is 43.9 Å². The molecule has 1 aliphatic heterocycles. The summed E-state index contributed by atoms with van der Waals surface area (Å²) in [6, 6.07) is 2.96. The molecule has 1 amide bonds. The lowest BCUT2D eigenvalue weighted by Gasteiger charge is -2.25. The third-order valence-electron chi connectivity index (χ3n) is 3.43. The standard InChI is InChI=1S/C13H12N2O7/c16-11(17)4-7(5-12(18)19)14-6-9-8(13(14)20)2-1-3-10(9)15(21)22/h1-3,7H,4-6H2,(H,16,17)(H,18,19). The first-order chi connectivity index (χ1) is 10.3. The van der Waals surface area contributed by atoms with Crippen LogP contribution in [0.15, 0.2) is 18.2 Å². The summed E-state index contributed by atoms with van der Waals surface area (Å²) < 4.78 is 0. The van der Waals surface area contributed by atoms with Crippen molar-refractivity contribution in [3.63, 3.8) is 0 Å². The van der Waals surface area contributed by atoms with Crippen LogP contribution in [0.1, 0.15) is 28.8 Å². The molecular formula is C13H12N2O7. The zero-order valence-electron chi connectivity index (χ0n) is 11.3. The minimum atomic E-state index is -1.25. The third kappa shape index (κ3) is 2.87. The van der Waals surface area contributed by atoms with Gasteiger partial charge in [0.25, 0.3) is 11.6 Å². The number of carbonyl (C=O) groups excluding carboxylic acids is 1. The lowest BCUT2D eigenvalue weighted by atomic mass is 10.1. The van der Waals surface area contributed by atoms with Crippen LogP contribution in [0, 0.1) is 10.1 Å². The van der Waals surface area contributed by atoms with Gasteiger partial charge >= 0.3 is 11.9 Å². The van der Waals surface area contributed by atoms with Gasteiger partial charge in [-0.25, -0.2) is 0 Å². The first-order valence-electron chi connectivity index (χ1n) is 6.32. The zero-order valence-corrected chi connectivity index (χ0v) is 11.3. The molecule has 22 heavy (non-hydrogen) atoms. The van der Waals surface area contributed by atoms with E-state index >= 15 is 0 Å². The molecular weight excluding hydrogens is 296 g/mol. The number of nitro groups is 1. The van der Waals surface area contributed by atoms with Crippen molar-refractivity contribution < 1.29 is 29.5 Å². The summed E-state index contributed by atoms with van der Waals surface area (Å²) in [4.78, 5) is 45.5. The second-order valence-electron chi connectivity index (χ2n) is 4.84. The van der Waals surface area contributed by atoms with E-state index in [1.807, 2.05) is 0 Å². The minimum Gasteiger partial charge on any atom is -0.481 e. The highest BCUT2D eigenvalue weighted by Gasteiger charge is 2.38. The van der Waals surface area contributed by atoms with Crippen LogP contribution in [0.25, 0.3) is 0 Å². The van der Waals surface area contributed by atoms with Gasteiger partial charge < -0.3 is 15.1 Å². The van der Waals surface area contributed by atoms with Crippen molar-refractivity contribution in [2.75, 3.05) is 0 Å². The minimum absolute atomic E-state index is 0.106. The van der Waals surface area contributed by atoms with Crippen LogP contribution < -0.4 is 0 Å². The van der Waals surface area contributed by atoms with Gasteiger partial charge in [-0.3, -0.25) is 24.5 Å². The number of carboxylic acid groups (broad SMARTS) is 2. The Balaban J connectivity index is 2.36. The Kier molecular flexibility index (Phi) is 4.06. The lowest BCUT2D eigenvalue weighted by molar-refractivity contribution is -0.385. The molecule has 0 saturated heterocycles. The number of aliphatic carboxylic acids is 2. The fourth-order valence-corrected chi connectivity index (χ4v) is 2.50. The van der Waals surface area contributed by atoms with E-state index in [0.29, 0.717) is 0 Å².